The summed E-state index contributed by atoms with van der Waals surface area (Å²) in [5.74, 6) is 0.657. The second kappa shape index (κ2) is 9.23. The molecule has 0 amide bonds. The highest BCUT2D eigenvalue weighted by Crippen LogP contribution is 2.46. The number of para-hydroxylation sites is 1. The Kier molecular flexibility index (Phi) is 6.07. The molecule has 0 radical (unpaired) electrons. The van der Waals surface area contributed by atoms with E-state index in [1.807, 2.05) is 0 Å². The van der Waals surface area contributed by atoms with Crippen LogP contribution in [0.1, 0.15) is 83.1 Å². The molecule has 2 saturated heterocycles. The van der Waals surface area contributed by atoms with Gasteiger partial charge in [-0.15, -0.1) is 0 Å². The van der Waals surface area contributed by atoms with Crippen LogP contribution < -0.4 is 11.2 Å². The van der Waals surface area contributed by atoms with Gasteiger partial charge in [-0.3, -0.25) is 23.6 Å². The average Bonchev–Trinajstić information content (AvgIpc) is 3.00. The van der Waals surface area contributed by atoms with E-state index >= 15 is 0 Å². The fraction of sp³-hybridized carbons (Fsp3) is 0.679. The molecule has 35 heavy (non-hydrogen) atoms. The number of carboxylic acids is 1. The van der Waals surface area contributed by atoms with Crippen molar-refractivity contribution in [2.45, 2.75) is 108 Å². The van der Waals surface area contributed by atoms with Gasteiger partial charge in [0.25, 0.3) is 5.56 Å². The van der Waals surface area contributed by atoms with Crippen molar-refractivity contribution in [1.29, 1.82) is 0 Å². The van der Waals surface area contributed by atoms with Crippen LogP contribution in [0, 0.1) is 11.8 Å². The molecule has 2 aromatic rings. The van der Waals surface area contributed by atoms with E-state index in [0.717, 1.165) is 37.5 Å². The monoisotopic (exact) mass is 479 g/mol. The number of aliphatic carboxylic acids is 1. The second-order valence-electron chi connectivity index (χ2n) is 11.6. The van der Waals surface area contributed by atoms with Crippen molar-refractivity contribution >= 4 is 16.9 Å². The summed E-state index contributed by atoms with van der Waals surface area (Å²) in [7, 11) is 0. The molecule has 188 valence electrons. The highest BCUT2D eigenvalue weighted by Gasteiger charge is 2.45. The Morgan fingerprint density at radius 1 is 0.800 bits per heavy atom. The summed E-state index contributed by atoms with van der Waals surface area (Å²) in [6.07, 6.45) is 14.7. The standard InChI is InChI=1S/C28H37N3O4/c32-26(33)17-29-25-11-4-3-10-24(25)27(34)31(28(29)35)23-15-20-8-5-9-21(16-23)30(20)22-13-18-6-1-2-7-19(12-18)14-22/h3-4,10-11,18-23H,1-2,5-9,12-17H2,(H,32,33)/t18-,19+,20-,21+,22?,23?. The predicted molar refractivity (Wildman–Crippen MR) is 135 cm³/mol. The van der Waals surface area contributed by atoms with E-state index < -0.39 is 18.2 Å². The minimum absolute atomic E-state index is 0.169. The Hall–Kier alpha value is -2.41. The van der Waals surface area contributed by atoms with Gasteiger partial charge in [0.2, 0.25) is 0 Å². The lowest BCUT2D eigenvalue weighted by Crippen LogP contribution is -2.59. The molecule has 6 rings (SSSR count). The average molecular weight is 480 g/mol. The highest BCUT2D eigenvalue weighted by molar-refractivity contribution is 5.79. The van der Waals surface area contributed by atoms with E-state index in [9.17, 15) is 19.5 Å². The SMILES string of the molecule is O=C(O)Cn1c(=O)n(C2C[C@H]3CCC[C@@H](C2)N3C2C[C@H]3CCCC[C@@H](C2)C3)c(=O)c2ccccc21. The van der Waals surface area contributed by atoms with Crippen molar-refractivity contribution in [3.63, 3.8) is 0 Å². The zero-order valence-corrected chi connectivity index (χ0v) is 20.5. The van der Waals surface area contributed by atoms with Gasteiger partial charge in [0.05, 0.1) is 10.9 Å². The van der Waals surface area contributed by atoms with Gasteiger partial charge >= 0.3 is 11.7 Å². The number of carbonyl (C=O) groups is 1. The minimum Gasteiger partial charge on any atom is -0.480 e. The number of carboxylic acid groups (broad SMARTS) is 1. The van der Waals surface area contributed by atoms with Crippen LogP contribution in [0.25, 0.3) is 10.9 Å². The number of rotatable bonds is 4. The van der Waals surface area contributed by atoms with Crippen molar-refractivity contribution in [1.82, 2.24) is 14.0 Å². The van der Waals surface area contributed by atoms with Crippen LogP contribution in [0.15, 0.2) is 33.9 Å². The molecule has 1 aromatic carbocycles. The van der Waals surface area contributed by atoms with Gasteiger partial charge in [0.15, 0.2) is 0 Å². The van der Waals surface area contributed by atoms with Crippen LogP contribution in [-0.4, -0.2) is 43.2 Å². The van der Waals surface area contributed by atoms with Gasteiger partial charge in [0.1, 0.15) is 6.54 Å². The topological polar surface area (TPSA) is 84.5 Å². The number of aromatic nitrogens is 2. The summed E-state index contributed by atoms with van der Waals surface area (Å²) in [4.78, 5) is 41.5. The first-order chi connectivity index (χ1) is 17.0. The molecule has 4 aliphatic rings. The molecule has 2 saturated carbocycles. The van der Waals surface area contributed by atoms with E-state index in [2.05, 4.69) is 4.90 Å². The molecule has 2 aliphatic heterocycles. The van der Waals surface area contributed by atoms with Gasteiger partial charge < -0.3 is 5.11 Å². The van der Waals surface area contributed by atoms with Crippen molar-refractivity contribution in [3.8, 4) is 0 Å². The van der Waals surface area contributed by atoms with Crippen LogP contribution in [0.3, 0.4) is 0 Å². The minimum atomic E-state index is -1.08. The van der Waals surface area contributed by atoms with E-state index in [0.29, 0.717) is 29.0 Å². The third kappa shape index (κ3) is 4.15. The third-order valence-corrected chi connectivity index (χ3v) is 9.52. The maximum absolute atomic E-state index is 13.6. The summed E-state index contributed by atoms with van der Waals surface area (Å²) in [5.41, 5.74) is -0.340. The molecule has 6 atom stereocenters. The normalized spacial score (nSPS) is 33.4. The summed E-state index contributed by atoms with van der Waals surface area (Å²) in [5, 5.41) is 9.89. The molecule has 2 unspecified atom stereocenters. The first-order valence-electron chi connectivity index (χ1n) is 13.7. The quantitative estimate of drug-likeness (QED) is 0.712. The van der Waals surface area contributed by atoms with Crippen LogP contribution in [0.5, 0.6) is 0 Å². The molecule has 4 fully saturated rings. The van der Waals surface area contributed by atoms with Crippen LogP contribution in [0.4, 0.5) is 0 Å². The number of nitrogens with zero attached hydrogens (tertiary/aromatic N) is 3. The summed E-state index contributed by atoms with van der Waals surface area (Å²) >= 11 is 0. The lowest BCUT2D eigenvalue weighted by molar-refractivity contribution is -0.137. The summed E-state index contributed by atoms with van der Waals surface area (Å²) in [6.45, 7) is -0.434. The highest BCUT2D eigenvalue weighted by atomic mass is 16.4. The van der Waals surface area contributed by atoms with E-state index in [4.69, 9.17) is 0 Å². The van der Waals surface area contributed by atoms with Crippen molar-refractivity contribution in [2.24, 2.45) is 11.8 Å². The lowest BCUT2D eigenvalue weighted by atomic mass is 9.73. The zero-order chi connectivity index (χ0) is 24.1. The number of hydrogen-bond donors (Lipinski definition) is 1. The second-order valence-corrected chi connectivity index (χ2v) is 11.6. The molecule has 7 heteroatoms. The Morgan fingerprint density at radius 2 is 1.46 bits per heavy atom. The molecule has 3 heterocycles. The van der Waals surface area contributed by atoms with Crippen molar-refractivity contribution in [2.75, 3.05) is 0 Å². The largest absolute Gasteiger partial charge is 0.480 e. The molecule has 4 bridgehead atoms. The van der Waals surface area contributed by atoms with Crippen molar-refractivity contribution in [3.05, 3.63) is 45.1 Å². The fourth-order valence-corrected chi connectivity index (χ4v) is 8.26. The third-order valence-electron chi connectivity index (χ3n) is 9.52. The van der Waals surface area contributed by atoms with E-state index in [1.165, 1.54) is 60.5 Å². The predicted octanol–water partition coefficient (Wildman–Crippen LogP) is 4.16. The molecule has 1 aromatic heterocycles. The molecular formula is C28H37N3O4. The Labute approximate surface area is 205 Å². The summed E-state index contributed by atoms with van der Waals surface area (Å²) < 4.78 is 2.68. The summed E-state index contributed by atoms with van der Waals surface area (Å²) in [6, 6.07) is 8.20. The molecule has 7 nitrogen and oxygen atoms in total. The zero-order valence-electron chi connectivity index (χ0n) is 20.5. The van der Waals surface area contributed by atoms with Crippen molar-refractivity contribution < 1.29 is 9.90 Å². The molecule has 0 spiro atoms. The van der Waals surface area contributed by atoms with E-state index in [-0.39, 0.29) is 11.6 Å². The van der Waals surface area contributed by atoms with Crippen LogP contribution in [-0.2, 0) is 11.3 Å². The number of benzene rings is 1. The maximum Gasteiger partial charge on any atom is 0.332 e. The molecular weight excluding hydrogens is 442 g/mol. The Morgan fingerprint density at radius 3 is 2.11 bits per heavy atom. The first-order valence-corrected chi connectivity index (χ1v) is 13.7. The maximum atomic E-state index is 13.6. The van der Waals surface area contributed by atoms with Gasteiger partial charge in [0, 0.05) is 24.2 Å². The Bertz CT molecular complexity index is 1200. The molecule has 1 N–H and O–H groups in total. The van der Waals surface area contributed by atoms with Crippen LogP contribution in [0.2, 0.25) is 0 Å². The molecule has 2 aliphatic carbocycles. The smallest absolute Gasteiger partial charge is 0.332 e. The number of piperidine rings is 2. The fourth-order valence-electron chi connectivity index (χ4n) is 8.26. The van der Waals surface area contributed by atoms with Gasteiger partial charge in [-0.2, -0.15) is 0 Å². The van der Waals surface area contributed by atoms with Crippen LogP contribution >= 0.6 is 0 Å². The first kappa shape index (κ1) is 23.0. The Balaban J connectivity index is 1.34. The van der Waals surface area contributed by atoms with Gasteiger partial charge in [-0.25, -0.2) is 4.79 Å². The van der Waals surface area contributed by atoms with Gasteiger partial charge in [-0.05, 0) is 68.9 Å². The van der Waals surface area contributed by atoms with E-state index in [1.54, 1.807) is 24.3 Å². The van der Waals surface area contributed by atoms with Gasteiger partial charge in [-0.1, -0.05) is 44.2 Å². The lowest BCUT2D eigenvalue weighted by Gasteiger charge is -2.54. The number of fused-ring (bicyclic) bond motifs is 5. The number of hydrogen-bond acceptors (Lipinski definition) is 4.